The number of para-hydroxylation sites is 1. The molecule has 0 spiro atoms. The van der Waals surface area contributed by atoms with E-state index in [2.05, 4.69) is 5.10 Å². The van der Waals surface area contributed by atoms with E-state index in [0.717, 1.165) is 18.2 Å². The van der Waals surface area contributed by atoms with Crippen LogP contribution in [0.5, 0.6) is 0 Å². The SMILES string of the molecule is O=c1[nH]n(-c2cc(C(F)(F)F)ccc2Cl)c2ccccc12. The molecule has 0 bridgehead atoms. The minimum Gasteiger partial charge on any atom is -0.267 e. The Morgan fingerprint density at radius 1 is 1.10 bits per heavy atom. The molecule has 0 radical (unpaired) electrons. The van der Waals surface area contributed by atoms with E-state index in [9.17, 15) is 18.0 Å². The van der Waals surface area contributed by atoms with Gasteiger partial charge in [-0.1, -0.05) is 23.7 Å². The second-order valence-electron chi connectivity index (χ2n) is 4.46. The monoisotopic (exact) mass is 312 g/mol. The average molecular weight is 313 g/mol. The van der Waals surface area contributed by atoms with Gasteiger partial charge in [0.1, 0.15) is 0 Å². The van der Waals surface area contributed by atoms with Crippen LogP contribution in [-0.4, -0.2) is 9.78 Å². The van der Waals surface area contributed by atoms with Crippen molar-refractivity contribution in [3.63, 3.8) is 0 Å². The zero-order valence-electron chi connectivity index (χ0n) is 10.4. The van der Waals surface area contributed by atoms with Crippen LogP contribution in [0.25, 0.3) is 16.6 Å². The fourth-order valence-electron chi connectivity index (χ4n) is 2.13. The molecule has 3 rings (SSSR count). The number of halogens is 4. The van der Waals surface area contributed by atoms with Gasteiger partial charge in [-0.2, -0.15) is 13.2 Å². The zero-order valence-corrected chi connectivity index (χ0v) is 11.2. The third-order valence-corrected chi connectivity index (χ3v) is 3.44. The molecule has 1 N–H and O–H groups in total. The number of hydrogen-bond acceptors (Lipinski definition) is 1. The highest BCUT2D eigenvalue weighted by molar-refractivity contribution is 6.32. The van der Waals surface area contributed by atoms with Gasteiger partial charge < -0.3 is 0 Å². The third kappa shape index (κ3) is 2.31. The van der Waals surface area contributed by atoms with E-state index in [1.165, 1.54) is 4.68 Å². The molecule has 0 aliphatic heterocycles. The Morgan fingerprint density at radius 2 is 1.81 bits per heavy atom. The molecule has 0 saturated heterocycles. The molecule has 0 saturated carbocycles. The highest BCUT2D eigenvalue weighted by atomic mass is 35.5. The lowest BCUT2D eigenvalue weighted by Gasteiger charge is -2.11. The van der Waals surface area contributed by atoms with E-state index < -0.39 is 11.7 Å². The van der Waals surface area contributed by atoms with Crippen molar-refractivity contribution >= 4 is 22.5 Å². The van der Waals surface area contributed by atoms with Crippen molar-refractivity contribution in [3.05, 3.63) is 63.4 Å². The van der Waals surface area contributed by atoms with Gasteiger partial charge in [0.15, 0.2) is 0 Å². The Morgan fingerprint density at radius 3 is 2.52 bits per heavy atom. The summed E-state index contributed by atoms with van der Waals surface area (Å²) in [6.07, 6.45) is -4.48. The number of fused-ring (bicyclic) bond motifs is 1. The minimum atomic E-state index is -4.48. The van der Waals surface area contributed by atoms with E-state index in [1.54, 1.807) is 24.3 Å². The summed E-state index contributed by atoms with van der Waals surface area (Å²) in [6.45, 7) is 0. The van der Waals surface area contributed by atoms with Gasteiger partial charge in [0, 0.05) is 0 Å². The van der Waals surface area contributed by atoms with Gasteiger partial charge in [-0.25, -0.2) is 0 Å². The Kier molecular flexibility index (Phi) is 3.06. The second-order valence-corrected chi connectivity index (χ2v) is 4.86. The number of hydrogen-bond donors (Lipinski definition) is 1. The zero-order chi connectivity index (χ0) is 15.2. The molecule has 108 valence electrons. The van der Waals surface area contributed by atoms with E-state index in [0.29, 0.717) is 10.9 Å². The summed E-state index contributed by atoms with van der Waals surface area (Å²) in [5.74, 6) is 0. The first-order chi connectivity index (χ1) is 9.88. The van der Waals surface area contributed by atoms with Crippen LogP contribution in [0, 0.1) is 0 Å². The fourth-order valence-corrected chi connectivity index (χ4v) is 2.34. The summed E-state index contributed by atoms with van der Waals surface area (Å²) in [7, 11) is 0. The first kappa shape index (κ1) is 13.8. The van der Waals surface area contributed by atoms with Crippen LogP contribution >= 0.6 is 11.6 Å². The number of nitrogens with one attached hydrogen (secondary N) is 1. The van der Waals surface area contributed by atoms with Gasteiger partial charge in [0.25, 0.3) is 5.56 Å². The molecule has 0 atom stereocenters. The summed E-state index contributed by atoms with van der Waals surface area (Å²) in [6, 6.07) is 9.55. The van der Waals surface area contributed by atoms with Gasteiger partial charge >= 0.3 is 6.18 Å². The smallest absolute Gasteiger partial charge is 0.267 e. The van der Waals surface area contributed by atoms with Crippen molar-refractivity contribution in [2.24, 2.45) is 0 Å². The van der Waals surface area contributed by atoms with Crippen LogP contribution in [0.3, 0.4) is 0 Å². The topological polar surface area (TPSA) is 37.8 Å². The first-order valence-corrected chi connectivity index (χ1v) is 6.32. The minimum absolute atomic E-state index is 0.0739. The lowest BCUT2D eigenvalue weighted by Crippen LogP contribution is -2.08. The predicted octanol–water partition coefficient (Wildman–Crippen LogP) is 3.99. The standard InChI is InChI=1S/C14H8ClF3N2O/c15-10-6-5-8(14(16,17)18)7-12(10)20-11-4-2-1-3-9(11)13(21)19-20/h1-7H,(H,19,21). The number of H-pyrrole nitrogens is 1. The van der Waals surface area contributed by atoms with Crippen LogP contribution in [0.4, 0.5) is 13.2 Å². The summed E-state index contributed by atoms with van der Waals surface area (Å²) in [5, 5.41) is 2.99. The Hall–Kier alpha value is -2.21. The second kappa shape index (κ2) is 4.66. The molecule has 3 aromatic rings. The van der Waals surface area contributed by atoms with Crippen LogP contribution in [0.1, 0.15) is 5.56 Å². The van der Waals surface area contributed by atoms with Gasteiger partial charge in [0.05, 0.1) is 27.2 Å². The third-order valence-electron chi connectivity index (χ3n) is 3.12. The Labute approximate surface area is 121 Å². The Bertz CT molecular complexity index is 880. The first-order valence-electron chi connectivity index (χ1n) is 5.95. The summed E-state index contributed by atoms with van der Waals surface area (Å²) in [5.41, 5.74) is -0.687. The molecule has 0 unspecified atom stereocenters. The van der Waals surface area contributed by atoms with E-state index >= 15 is 0 Å². The van der Waals surface area contributed by atoms with E-state index in [1.807, 2.05) is 0 Å². The summed E-state index contributed by atoms with van der Waals surface area (Å²) in [4.78, 5) is 11.8. The molecule has 0 aliphatic carbocycles. The fraction of sp³-hybridized carbons (Fsp3) is 0.0714. The molecule has 0 aliphatic rings. The van der Waals surface area contributed by atoms with Crippen molar-refractivity contribution in [2.75, 3.05) is 0 Å². The van der Waals surface area contributed by atoms with Gasteiger partial charge in [-0.15, -0.1) is 0 Å². The lowest BCUT2D eigenvalue weighted by molar-refractivity contribution is -0.137. The molecule has 3 nitrogen and oxygen atoms in total. The number of alkyl halides is 3. The van der Waals surface area contributed by atoms with Crippen LogP contribution < -0.4 is 5.56 Å². The average Bonchev–Trinajstić information content (AvgIpc) is 2.76. The molecule has 21 heavy (non-hydrogen) atoms. The Balaban J connectivity index is 2.30. The van der Waals surface area contributed by atoms with Crippen molar-refractivity contribution in [3.8, 4) is 5.69 Å². The normalized spacial score (nSPS) is 12.0. The maximum absolute atomic E-state index is 12.8. The quantitative estimate of drug-likeness (QED) is 0.725. The number of aromatic nitrogens is 2. The number of benzene rings is 2. The van der Waals surface area contributed by atoms with Crippen molar-refractivity contribution in [2.45, 2.75) is 6.18 Å². The summed E-state index contributed by atoms with van der Waals surface area (Å²) >= 11 is 5.98. The van der Waals surface area contributed by atoms with E-state index in [4.69, 9.17) is 11.6 Å². The molecular weight excluding hydrogens is 305 g/mol. The number of aromatic amines is 1. The highest BCUT2D eigenvalue weighted by Crippen LogP contribution is 2.33. The summed E-state index contributed by atoms with van der Waals surface area (Å²) < 4.78 is 39.7. The van der Waals surface area contributed by atoms with Crippen LogP contribution in [0.15, 0.2) is 47.3 Å². The van der Waals surface area contributed by atoms with Crippen molar-refractivity contribution in [1.29, 1.82) is 0 Å². The van der Waals surface area contributed by atoms with Crippen LogP contribution in [0.2, 0.25) is 5.02 Å². The molecule has 7 heteroatoms. The van der Waals surface area contributed by atoms with Gasteiger partial charge in [-0.05, 0) is 30.3 Å². The van der Waals surface area contributed by atoms with Gasteiger partial charge in [-0.3, -0.25) is 14.6 Å². The predicted molar refractivity (Wildman–Crippen MR) is 73.9 cm³/mol. The lowest BCUT2D eigenvalue weighted by atomic mass is 10.2. The molecule has 1 aromatic heterocycles. The van der Waals surface area contributed by atoms with E-state index in [-0.39, 0.29) is 16.3 Å². The largest absolute Gasteiger partial charge is 0.416 e. The van der Waals surface area contributed by atoms with Gasteiger partial charge in [0.2, 0.25) is 0 Å². The van der Waals surface area contributed by atoms with Crippen LogP contribution in [-0.2, 0) is 6.18 Å². The van der Waals surface area contributed by atoms with Crippen molar-refractivity contribution < 1.29 is 13.2 Å². The van der Waals surface area contributed by atoms with Crippen molar-refractivity contribution in [1.82, 2.24) is 9.78 Å². The number of nitrogens with zero attached hydrogens (tertiary/aromatic N) is 1. The maximum Gasteiger partial charge on any atom is 0.416 e. The number of rotatable bonds is 1. The molecule has 0 amide bonds. The highest BCUT2D eigenvalue weighted by Gasteiger charge is 2.31. The molecule has 1 heterocycles. The molecular formula is C14H8ClF3N2O. The molecule has 0 fully saturated rings. The molecule has 2 aromatic carbocycles. The maximum atomic E-state index is 12.8.